The molecular formula is C18H20N2O3. The van der Waals surface area contributed by atoms with Gasteiger partial charge < -0.3 is 19.3 Å². The molecule has 0 unspecified atom stereocenters. The summed E-state index contributed by atoms with van der Waals surface area (Å²) in [5, 5.41) is 0. The van der Waals surface area contributed by atoms with Gasteiger partial charge in [-0.1, -0.05) is 18.2 Å². The quantitative estimate of drug-likeness (QED) is 0.872. The molecule has 1 aliphatic rings. The molecule has 0 atom stereocenters. The highest BCUT2D eigenvalue weighted by Crippen LogP contribution is 2.23. The van der Waals surface area contributed by atoms with E-state index in [4.69, 9.17) is 9.47 Å². The van der Waals surface area contributed by atoms with Gasteiger partial charge in [-0.2, -0.15) is 0 Å². The van der Waals surface area contributed by atoms with E-state index in [1.165, 1.54) is 0 Å². The van der Waals surface area contributed by atoms with Crippen molar-refractivity contribution in [3.63, 3.8) is 0 Å². The molecule has 120 valence electrons. The summed E-state index contributed by atoms with van der Waals surface area (Å²) in [4.78, 5) is 16.0. The first-order valence-corrected chi connectivity index (χ1v) is 7.69. The Labute approximate surface area is 136 Å². The number of para-hydroxylation sites is 1. The summed E-state index contributed by atoms with van der Waals surface area (Å²) in [5.41, 5.74) is 0. The van der Waals surface area contributed by atoms with Gasteiger partial charge in [-0.25, -0.2) is 4.79 Å². The lowest BCUT2D eigenvalue weighted by Crippen LogP contribution is -2.48. The highest BCUT2D eigenvalue weighted by molar-refractivity contribution is 5.70. The number of benzene rings is 2. The van der Waals surface area contributed by atoms with Gasteiger partial charge in [-0.15, -0.1) is 0 Å². The van der Waals surface area contributed by atoms with E-state index in [0.717, 1.165) is 18.8 Å². The van der Waals surface area contributed by atoms with Crippen molar-refractivity contribution in [2.24, 2.45) is 0 Å². The summed E-state index contributed by atoms with van der Waals surface area (Å²) in [6.45, 7) is 3.15. The van der Waals surface area contributed by atoms with Crippen molar-refractivity contribution in [2.75, 3.05) is 33.2 Å². The van der Waals surface area contributed by atoms with E-state index >= 15 is 0 Å². The fourth-order valence-corrected chi connectivity index (χ4v) is 2.35. The third-order valence-corrected chi connectivity index (χ3v) is 3.77. The molecule has 5 heteroatoms. The molecule has 3 rings (SSSR count). The molecule has 1 aliphatic heterocycles. The molecular weight excluding hydrogens is 292 g/mol. The van der Waals surface area contributed by atoms with Gasteiger partial charge in [0.2, 0.25) is 0 Å². The Kier molecular flexibility index (Phi) is 4.78. The number of carbonyl (C=O) groups excluding carboxylic acids is 1. The lowest BCUT2D eigenvalue weighted by atomic mass is 10.3. The van der Waals surface area contributed by atoms with E-state index in [1.807, 2.05) is 37.4 Å². The van der Waals surface area contributed by atoms with Crippen LogP contribution in [-0.2, 0) is 0 Å². The number of likely N-dealkylation sites (N-methyl/N-ethyl adjacent to an activating group) is 1. The summed E-state index contributed by atoms with van der Waals surface area (Å²) in [6, 6.07) is 16.6. The number of piperazine rings is 1. The van der Waals surface area contributed by atoms with Gasteiger partial charge in [0, 0.05) is 26.2 Å². The molecule has 0 N–H and O–H groups in total. The number of rotatable bonds is 3. The van der Waals surface area contributed by atoms with Crippen LogP contribution >= 0.6 is 0 Å². The molecule has 23 heavy (non-hydrogen) atoms. The summed E-state index contributed by atoms with van der Waals surface area (Å²) in [6.07, 6.45) is -0.296. The molecule has 0 aromatic heterocycles. The van der Waals surface area contributed by atoms with Crippen molar-refractivity contribution in [1.82, 2.24) is 9.80 Å². The normalized spacial score (nSPS) is 15.3. The van der Waals surface area contributed by atoms with Gasteiger partial charge in [0.25, 0.3) is 0 Å². The number of hydrogen-bond donors (Lipinski definition) is 0. The van der Waals surface area contributed by atoms with Crippen molar-refractivity contribution in [3.05, 3.63) is 54.6 Å². The van der Waals surface area contributed by atoms with Crippen molar-refractivity contribution >= 4 is 6.09 Å². The monoisotopic (exact) mass is 312 g/mol. The Morgan fingerprint density at radius 2 is 1.39 bits per heavy atom. The first kappa shape index (κ1) is 15.4. The van der Waals surface area contributed by atoms with E-state index in [9.17, 15) is 4.79 Å². The van der Waals surface area contributed by atoms with Gasteiger partial charge in [-0.05, 0) is 43.4 Å². The highest BCUT2D eigenvalue weighted by Gasteiger charge is 2.20. The fourth-order valence-electron chi connectivity index (χ4n) is 2.35. The van der Waals surface area contributed by atoms with Crippen LogP contribution in [0.25, 0.3) is 0 Å². The highest BCUT2D eigenvalue weighted by atomic mass is 16.6. The largest absolute Gasteiger partial charge is 0.457 e. The Bertz CT molecular complexity index is 635. The smallest absolute Gasteiger partial charge is 0.415 e. The number of hydrogen-bond acceptors (Lipinski definition) is 4. The van der Waals surface area contributed by atoms with Gasteiger partial charge >= 0.3 is 6.09 Å². The fraction of sp³-hybridized carbons (Fsp3) is 0.278. The van der Waals surface area contributed by atoms with Crippen LogP contribution in [0.5, 0.6) is 17.2 Å². The lowest BCUT2D eigenvalue weighted by molar-refractivity contribution is 0.120. The summed E-state index contributed by atoms with van der Waals surface area (Å²) < 4.78 is 11.1. The molecule has 0 aliphatic carbocycles. The molecule has 2 aromatic rings. The molecule has 2 aromatic carbocycles. The van der Waals surface area contributed by atoms with Gasteiger partial charge in [0.15, 0.2) is 0 Å². The van der Waals surface area contributed by atoms with Crippen LogP contribution in [0.2, 0.25) is 0 Å². The number of carbonyl (C=O) groups is 1. The molecule has 1 amide bonds. The molecule has 0 bridgehead atoms. The SMILES string of the molecule is CN1CCN(C(=O)Oc2ccc(Oc3ccccc3)cc2)CC1. The number of amides is 1. The minimum atomic E-state index is -0.296. The third kappa shape index (κ3) is 4.23. The van der Waals surface area contributed by atoms with Gasteiger partial charge in [0.1, 0.15) is 17.2 Å². The zero-order valence-corrected chi connectivity index (χ0v) is 13.1. The second kappa shape index (κ2) is 7.15. The topological polar surface area (TPSA) is 42.0 Å². The van der Waals surface area contributed by atoms with Crippen molar-refractivity contribution in [2.45, 2.75) is 0 Å². The van der Waals surface area contributed by atoms with E-state index in [2.05, 4.69) is 4.90 Å². The predicted molar refractivity (Wildman–Crippen MR) is 88.1 cm³/mol. The van der Waals surface area contributed by atoms with Crippen LogP contribution in [0.1, 0.15) is 0 Å². The molecule has 1 saturated heterocycles. The zero-order valence-electron chi connectivity index (χ0n) is 13.1. The first-order chi connectivity index (χ1) is 11.2. The molecule has 1 fully saturated rings. The third-order valence-electron chi connectivity index (χ3n) is 3.77. The zero-order chi connectivity index (χ0) is 16.1. The summed E-state index contributed by atoms with van der Waals surface area (Å²) in [5.74, 6) is 2.00. The maximum Gasteiger partial charge on any atom is 0.415 e. The van der Waals surface area contributed by atoms with Gasteiger partial charge in [0.05, 0.1) is 0 Å². The average Bonchev–Trinajstić information content (AvgIpc) is 2.58. The predicted octanol–water partition coefficient (Wildman–Crippen LogP) is 3.23. The first-order valence-electron chi connectivity index (χ1n) is 7.69. The van der Waals surface area contributed by atoms with Crippen LogP contribution in [0.4, 0.5) is 4.79 Å². The van der Waals surface area contributed by atoms with Crippen molar-refractivity contribution < 1.29 is 14.3 Å². The molecule has 1 heterocycles. The molecule has 0 radical (unpaired) electrons. The minimum Gasteiger partial charge on any atom is -0.457 e. The van der Waals surface area contributed by atoms with E-state index in [0.29, 0.717) is 24.6 Å². The van der Waals surface area contributed by atoms with Gasteiger partial charge in [-0.3, -0.25) is 0 Å². The van der Waals surface area contributed by atoms with Crippen LogP contribution in [0, 0.1) is 0 Å². The Morgan fingerprint density at radius 3 is 2.04 bits per heavy atom. The summed E-state index contributed by atoms with van der Waals surface area (Å²) >= 11 is 0. The maximum absolute atomic E-state index is 12.1. The second-order valence-electron chi connectivity index (χ2n) is 5.54. The van der Waals surface area contributed by atoms with Crippen molar-refractivity contribution in [1.29, 1.82) is 0 Å². The Hall–Kier alpha value is -2.53. The van der Waals surface area contributed by atoms with Crippen LogP contribution in [-0.4, -0.2) is 49.1 Å². The van der Waals surface area contributed by atoms with Crippen LogP contribution in [0.15, 0.2) is 54.6 Å². The van der Waals surface area contributed by atoms with E-state index < -0.39 is 0 Å². The summed E-state index contributed by atoms with van der Waals surface area (Å²) in [7, 11) is 2.05. The lowest BCUT2D eigenvalue weighted by Gasteiger charge is -2.31. The van der Waals surface area contributed by atoms with Crippen LogP contribution in [0.3, 0.4) is 0 Å². The maximum atomic E-state index is 12.1. The van der Waals surface area contributed by atoms with Crippen LogP contribution < -0.4 is 9.47 Å². The molecule has 0 saturated carbocycles. The standard InChI is InChI=1S/C18H20N2O3/c1-19-11-13-20(14-12-19)18(21)23-17-9-7-16(8-10-17)22-15-5-3-2-4-6-15/h2-10H,11-14H2,1H3. The number of nitrogens with zero attached hydrogens (tertiary/aromatic N) is 2. The Morgan fingerprint density at radius 1 is 0.826 bits per heavy atom. The minimum absolute atomic E-state index is 0.296. The Balaban J connectivity index is 1.56. The number of ether oxygens (including phenoxy) is 2. The average molecular weight is 312 g/mol. The molecule has 0 spiro atoms. The van der Waals surface area contributed by atoms with E-state index in [-0.39, 0.29) is 6.09 Å². The molecule has 5 nitrogen and oxygen atoms in total. The second-order valence-corrected chi connectivity index (χ2v) is 5.54. The van der Waals surface area contributed by atoms with Crippen molar-refractivity contribution in [3.8, 4) is 17.2 Å². The van der Waals surface area contributed by atoms with E-state index in [1.54, 1.807) is 29.2 Å².